The van der Waals surface area contributed by atoms with Crippen LogP contribution in [0.1, 0.15) is 43.4 Å². The van der Waals surface area contributed by atoms with Crippen molar-refractivity contribution in [2.45, 2.75) is 32.2 Å². The first kappa shape index (κ1) is 17.8. The average molecular weight is 365 g/mol. The SMILES string of the molecule is COc1cccc(C2Nc3ccc(OCC(C)C)cc3C3C=CCC32)c1O. The van der Waals surface area contributed by atoms with E-state index in [9.17, 15) is 5.11 Å². The van der Waals surface area contributed by atoms with Crippen molar-refractivity contribution >= 4 is 5.69 Å². The van der Waals surface area contributed by atoms with Crippen molar-refractivity contribution < 1.29 is 14.6 Å². The number of methoxy groups -OCH3 is 1. The Morgan fingerprint density at radius 2 is 2.04 bits per heavy atom. The minimum absolute atomic E-state index is 0.0371. The van der Waals surface area contributed by atoms with E-state index in [1.165, 1.54) is 5.56 Å². The fourth-order valence-corrected chi connectivity index (χ4v) is 4.19. The monoisotopic (exact) mass is 365 g/mol. The molecule has 0 bridgehead atoms. The van der Waals surface area contributed by atoms with Gasteiger partial charge in [-0.25, -0.2) is 0 Å². The van der Waals surface area contributed by atoms with Gasteiger partial charge in [-0.05, 0) is 48.1 Å². The summed E-state index contributed by atoms with van der Waals surface area (Å²) >= 11 is 0. The van der Waals surface area contributed by atoms with Gasteiger partial charge >= 0.3 is 0 Å². The molecule has 0 spiro atoms. The van der Waals surface area contributed by atoms with E-state index in [-0.39, 0.29) is 11.8 Å². The van der Waals surface area contributed by atoms with Crippen LogP contribution in [0.3, 0.4) is 0 Å². The fraction of sp³-hybridized carbons (Fsp3) is 0.391. The van der Waals surface area contributed by atoms with Crippen molar-refractivity contribution in [1.29, 1.82) is 0 Å². The third-order valence-corrected chi connectivity index (χ3v) is 5.50. The lowest BCUT2D eigenvalue weighted by Gasteiger charge is -2.38. The number of hydrogen-bond donors (Lipinski definition) is 2. The molecule has 2 aromatic rings. The zero-order valence-corrected chi connectivity index (χ0v) is 16.1. The standard InChI is InChI=1S/C23H27NO3/c1-14(2)13-27-15-10-11-20-19(12-15)16-6-4-7-17(16)22(24-20)18-8-5-9-21(26-3)23(18)25/h4-6,8-12,14,16-17,22,24-25H,7,13H2,1-3H3. The summed E-state index contributed by atoms with van der Waals surface area (Å²) in [6.45, 7) is 5.03. The summed E-state index contributed by atoms with van der Waals surface area (Å²) < 4.78 is 11.2. The smallest absolute Gasteiger partial charge is 0.163 e. The van der Waals surface area contributed by atoms with E-state index < -0.39 is 0 Å². The molecule has 3 atom stereocenters. The van der Waals surface area contributed by atoms with E-state index in [1.54, 1.807) is 13.2 Å². The fourth-order valence-electron chi connectivity index (χ4n) is 4.19. The van der Waals surface area contributed by atoms with Gasteiger partial charge in [0.2, 0.25) is 0 Å². The molecule has 0 radical (unpaired) electrons. The highest BCUT2D eigenvalue weighted by Crippen LogP contribution is 2.52. The van der Waals surface area contributed by atoms with Crippen molar-refractivity contribution in [2.24, 2.45) is 11.8 Å². The van der Waals surface area contributed by atoms with E-state index in [1.807, 2.05) is 18.2 Å². The van der Waals surface area contributed by atoms with Gasteiger partial charge in [0.05, 0.1) is 19.8 Å². The lowest BCUT2D eigenvalue weighted by atomic mass is 9.76. The molecule has 2 N–H and O–H groups in total. The number of ether oxygens (including phenoxy) is 2. The number of nitrogens with one attached hydrogen (secondary N) is 1. The summed E-state index contributed by atoms with van der Waals surface area (Å²) in [5, 5.41) is 14.3. The molecule has 3 unspecified atom stereocenters. The van der Waals surface area contributed by atoms with Crippen LogP contribution in [0.15, 0.2) is 48.6 Å². The first-order valence-corrected chi connectivity index (χ1v) is 9.64. The Kier molecular flexibility index (Phi) is 4.73. The van der Waals surface area contributed by atoms with Gasteiger partial charge in [0.15, 0.2) is 11.5 Å². The van der Waals surface area contributed by atoms with Crippen molar-refractivity contribution in [3.63, 3.8) is 0 Å². The molecule has 4 nitrogen and oxygen atoms in total. The van der Waals surface area contributed by atoms with Crippen LogP contribution in [-0.4, -0.2) is 18.8 Å². The van der Waals surface area contributed by atoms with E-state index in [4.69, 9.17) is 9.47 Å². The Balaban J connectivity index is 1.69. The molecule has 0 saturated carbocycles. The first-order valence-electron chi connectivity index (χ1n) is 9.64. The van der Waals surface area contributed by atoms with E-state index in [0.717, 1.165) is 30.0 Å². The predicted octanol–water partition coefficient (Wildman–Crippen LogP) is 5.26. The molecule has 1 aliphatic carbocycles. The van der Waals surface area contributed by atoms with Crippen LogP contribution < -0.4 is 14.8 Å². The molecule has 2 aromatic carbocycles. The molecule has 0 saturated heterocycles. The number of allylic oxidation sites excluding steroid dienone is 2. The summed E-state index contributed by atoms with van der Waals surface area (Å²) in [6.07, 6.45) is 5.52. The second-order valence-corrected chi connectivity index (χ2v) is 7.83. The first-order chi connectivity index (χ1) is 13.1. The minimum atomic E-state index is 0.0371. The molecule has 27 heavy (non-hydrogen) atoms. The highest BCUT2D eigenvalue weighted by Gasteiger charge is 2.39. The van der Waals surface area contributed by atoms with E-state index >= 15 is 0 Å². The maximum absolute atomic E-state index is 10.7. The Bertz CT molecular complexity index is 859. The predicted molar refractivity (Wildman–Crippen MR) is 108 cm³/mol. The second kappa shape index (κ2) is 7.18. The largest absolute Gasteiger partial charge is 0.504 e. The van der Waals surface area contributed by atoms with Crippen LogP contribution in [0.5, 0.6) is 17.2 Å². The summed E-state index contributed by atoms with van der Waals surface area (Å²) in [4.78, 5) is 0. The summed E-state index contributed by atoms with van der Waals surface area (Å²) in [5.41, 5.74) is 3.26. The molecule has 1 heterocycles. The molecule has 142 valence electrons. The molecular formula is C23H27NO3. The topological polar surface area (TPSA) is 50.7 Å². The number of phenols is 1. The highest BCUT2D eigenvalue weighted by molar-refractivity contribution is 5.63. The lowest BCUT2D eigenvalue weighted by molar-refractivity contribution is 0.270. The van der Waals surface area contributed by atoms with Crippen molar-refractivity contribution in [3.8, 4) is 17.2 Å². The number of rotatable bonds is 5. The number of phenolic OH excluding ortho intramolecular Hbond substituents is 1. The highest BCUT2D eigenvalue weighted by atomic mass is 16.5. The third kappa shape index (κ3) is 3.25. The summed E-state index contributed by atoms with van der Waals surface area (Å²) in [7, 11) is 1.58. The molecule has 2 aliphatic rings. The number of benzene rings is 2. The maximum Gasteiger partial charge on any atom is 0.163 e. The van der Waals surface area contributed by atoms with Gasteiger partial charge in [0.1, 0.15) is 5.75 Å². The van der Waals surface area contributed by atoms with Crippen LogP contribution in [-0.2, 0) is 0 Å². The van der Waals surface area contributed by atoms with E-state index in [2.05, 4.69) is 43.4 Å². The van der Waals surface area contributed by atoms with Crippen LogP contribution in [0.2, 0.25) is 0 Å². The number of para-hydroxylation sites is 1. The van der Waals surface area contributed by atoms with Crippen molar-refractivity contribution in [2.75, 3.05) is 19.0 Å². The van der Waals surface area contributed by atoms with Crippen LogP contribution in [0.4, 0.5) is 5.69 Å². The Morgan fingerprint density at radius 1 is 1.19 bits per heavy atom. The van der Waals surface area contributed by atoms with Crippen LogP contribution >= 0.6 is 0 Å². The summed E-state index contributed by atoms with van der Waals surface area (Å²) in [6, 6.07) is 12.0. The molecule has 0 amide bonds. The number of anilines is 1. The Hall–Kier alpha value is -2.62. The molecule has 1 aliphatic heterocycles. The molecule has 0 fully saturated rings. The average Bonchev–Trinajstić information content (AvgIpc) is 3.16. The van der Waals surface area contributed by atoms with Gasteiger partial charge in [-0.2, -0.15) is 0 Å². The second-order valence-electron chi connectivity index (χ2n) is 7.83. The van der Waals surface area contributed by atoms with Crippen LogP contribution in [0, 0.1) is 11.8 Å². The quantitative estimate of drug-likeness (QED) is 0.710. The van der Waals surface area contributed by atoms with Gasteiger partial charge in [-0.3, -0.25) is 0 Å². The maximum atomic E-state index is 10.7. The summed E-state index contributed by atoms with van der Waals surface area (Å²) in [5.74, 6) is 2.84. The normalized spacial score (nSPS) is 22.9. The minimum Gasteiger partial charge on any atom is -0.504 e. The molecule has 0 aromatic heterocycles. The van der Waals surface area contributed by atoms with Gasteiger partial charge in [-0.15, -0.1) is 0 Å². The number of aromatic hydroxyl groups is 1. The van der Waals surface area contributed by atoms with Gasteiger partial charge < -0.3 is 19.9 Å². The Morgan fingerprint density at radius 3 is 2.81 bits per heavy atom. The molecular weight excluding hydrogens is 338 g/mol. The van der Waals surface area contributed by atoms with Gasteiger partial charge in [-0.1, -0.05) is 38.1 Å². The number of fused-ring (bicyclic) bond motifs is 3. The Labute approximate surface area is 160 Å². The zero-order chi connectivity index (χ0) is 19.0. The van der Waals surface area contributed by atoms with E-state index in [0.29, 0.717) is 23.5 Å². The van der Waals surface area contributed by atoms with Crippen LogP contribution in [0.25, 0.3) is 0 Å². The lowest BCUT2D eigenvalue weighted by Crippen LogP contribution is -2.29. The van der Waals surface area contributed by atoms with Gasteiger partial charge in [0, 0.05) is 17.2 Å². The van der Waals surface area contributed by atoms with Crippen molar-refractivity contribution in [3.05, 3.63) is 59.7 Å². The zero-order valence-electron chi connectivity index (χ0n) is 16.1. The molecule has 4 heteroatoms. The number of hydrogen-bond acceptors (Lipinski definition) is 4. The van der Waals surface area contributed by atoms with Crippen molar-refractivity contribution in [1.82, 2.24) is 0 Å². The third-order valence-electron chi connectivity index (χ3n) is 5.50. The van der Waals surface area contributed by atoms with Gasteiger partial charge in [0.25, 0.3) is 0 Å². The molecule has 4 rings (SSSR count).